The van der Waals surface area contributed by atoms with Crippen LogP contribution in [0.3, 0.4) is 0 Å². The average molecular weight is 391 g/mol. The number of benzene rings is 2. The monoisotopic (exact) mass is 390 g/mol. The van der Waals surface area contributed by atoms with Crippen LogP contribution >= 0.6 is 11.8 Å². The second-order valence-electron chi connectivity index (χ2n) is 6.69. The molecule has 0 radical (unpaired) electrons. The number of hydrogen-bond donors (Lipinski definition) is 1. The van der Waals surface area contributed by atoms with Gasteiger partial charge in [0.25, 0.3) is 5.91 Å². The maximum atomic E-state index is 12.8. The van der Waals surface area contributed by atoms with Gasteiger partial charge in [0.2, 0.25) is 0 Å². The first-order valence-corrected chi connectivity index (χ1v) is 10.6. The highest BCUT2D eigenvalue weighted by molar-refractivity contribution is 7.98. The summed E-state index contributed by atoms with van der Waals surface area (Å²) in [6.45, 7) is 2.00. The fourth-order valence-electron chi connectivity index (χ4n) is 3.41. The van der Waals surface area contributed by atoms with Gasteiger partial charge in [-0.05, 0) is 49.4 Å². The maximum absolute atomic E-state index is 12.8. The number of carbonyl (C=O) groups excluding carboxylic acids is 1. The highest BCUT2D eigenvalue weighted by atomic mass is 32.2. The summed E-state index contributed by atoms with van der Waals surface area (Å²) in [5.74, 6) is 0.761. The molecule has 0 saturated carbocycles. The second kappa shape index (κ2) is 8.44. The fraction of sp³-hybridized carbons (Fsp3) is 0.227. The van der Waals surface area contributed by atoms with Gasteiger partial charge in [-0.1, -0.05) is 18.2 Å². The van der Waals surface area contributed by atoms with E-state index in [9.17, 15) is 4.79 Å². The van der Waals surface area contributed by atoms with Gasteiger partial charge in [0.05, 0.1) is 0 Å². The molecule has 1 aromatic heterocycles. The van der Waals surface area contributed by atoms with Crippen molar-refractivity contribution >= 4 is 29.2 Å². The molecule has 0 bridgehead atoms. The molecule has 0 atom stereocenters. The smallest absolute Gasteiger partial charge is 0.255 e. The maximum Gasteiger partial charge on any atom is 0.255 e. The Hall–Kier alpha value is -2.86. The highest BCUT2D eigenvalue weighted by Gasteiger charge is 2.19. The van der Waals surface area contributed by atoms with E-state index in [0.29, 0.717) is 5.56 Å². The van der Waals surface area contributed by atoms with Crippen LogP contribution in [0.1, 0.15) is 23.2 Å². The number of hydrogen-bond acceptors (Lipinski definition) is 5. The van der Waals surface area contributed by atoms with E-state index in [4.69, 9.17) is 0 Å². The van der Waals surface area contributed by atoms with Crippen LogP contribution in [0.25, 0.3) is 11.3 Å². The zero-order valence-electron chi connectivity index (χ0n) is 15.8. The largest absolute Gasteiger partial charge is 0.355 e. The predicted molar refractivity (Wildman–Crippen MR) is 115 cm³/mol. The van der Waals surface area contributed by atoms with E-state index >= 15 is 0 Å². The minimum absolute atomic E-state index is 0.133. The quantitative estimate of drug-likeness (QED) is 0.639. The molecule has 0 unspecified atom stereocenters. The van der Waals surface area contributed by atoms with Crippen molar-refractivity contribution in [3.8, 4) is 11.3 Å². The summed E-state index contributed by atoms with van der Waals surface area (Å²) < 4.78 is 0. The van der Waals surface area contributed by atoms with Crippen LogP contribution in [0, 0.1) is 0 Å². The van der Waals surface area contributed by atoms with E-state index in [0.717, 1.165) is 40.7 Å². The number of aromatic nitrogens is 2. The first-order chi connectivity index (χ1) is 13.7. The molecule has 4 rings (SSSR count). The third-order valence-corrected chi connectivity index (χ3v) is 5.54. The first-order valence-electron chi connectivity index (χ1n) is 9.36. The van der Waals surface area contributed by atoms with Crippen LogP contribution in [0.2, 0.25) is 0 Å². The Balaban J connectivity index is 1.60. The van der Waals surface area contributed by atoms with Crippen molar-refractivity contribution in [2.45, 2.75) is 17.7 Å². The topological polar surface area (TPSA) is 58.1 Å². The first kappa shape index (κ1) is 18.5. The number of nitrogens with one attached hydrogen (secondary N) is 1. The minimum atomic E-state index is -0.133. The summed E-state index contributed by atoms with van der Waals surface area (Å²) in [7, 11) is 0. The van der Waals surface area contributed by atoms with E-state index in [2.05, 4.69) is 20.2 Å². The number of thioether (sulfide) groups is 1. The van der Waals surface area contributed by atoms with E-state index in [1.54, 1.807) is 24.2 Å². The van der Waals surface area contributed by atoms with Crippen molar-refractivity contribution in [3.63, 3.8) is 0 Å². The SMILES string of the molecule is CSc1cccc(NC(=O)c2cccc(-c3nccnc3N3CCCC3)c2)c1. The Morgan fingerprint density at radius 2 is 1.82 bits per heavy atom. The Labute approximate surface area is 169 Å². The second-order valence-corrected chi connectivity index (χ2v) is 7.57. The van der Waals surface area contributed by atoms with Crippen LogP contribution in [0.15, 0.2) is 65.8 Å². The fourth-order valence-corrected chi connectivity index (χ4v) is 3.87. The molecular weight excluding hydrogens is 368 g/mol. The summed E-state index contributed by atoms with van der Waals surface area (Å²) >= 11 is 1.65. The van der Waals surface area contributed by atoms with Crippen LogP contribution in [0.5, 0.6) is 0 Å². The van der Waals surface area contributed by atoms with E-state index in [-0.39, 0.29) is 5.91 Å². The number of rotatable bonds is 5. The normalized spacial score (nSPS) is 13.5. The van der Waals surface area contributed by atoms with Gasteiger partial charge in [-0.2, -0.15) is 0 Å². The number of nitrogens with zero attached hydrogens (tertiary/aromatic N) is 3. The van der Waals surface area contributed by atoms with E-state index in [1.807, 2.05) is 54.8 Å². The molecule has 3 aromatic rings. The molecular formula is C22H22N4OS. The molecule has 1 saturated heterocycles. The lowest BCUT2D eigenvalue weighted by atomic mass is 10.1. The number of amides is 1. The predicted octanol–water partition coefficient (Wildman–Crippen LogP) is 4.72. The van der Waals surface area contributed by atoms with Crippen molar-refractivity contribution in [3.05, 3.63) is 66.5 Å². The zero-order chi connectivity index (χ0) is 19.3. The Morgan fingerprint density at radius 1 is 1.04 bits per heavy atom. The van der Waals surface area contributed by atoms with Crippen LogP contribution in [-0.2, 0) is 0 Å². The molecule has 28 heavy (non-hydrogen) atoms. The Morgan fingerprint density at radius 3 is 2.64 bits per heavy atom. The van der Waals surface area contributed by atoms with Crippen molar-refractivity contribution in [1.29, 1.82) is 0 Å². The van der Waals surface area contributed by atoms with Crippen molar-refractivity contribution in [2.24, 2.45) is 0 Å². The van der Waals surface area contributed by atoms with Crippen LogP contribution in [0.4, 0.5) is 11.5 Å². The number of carbonyl (C=O) groups is 1. The van der Waals surface area contributed by atoms with Gasteiger partial charge in [0.15, 0.2) is 5.82 Å². The van der Waals surface area contributed by atoms with Gasteiger partial charge < -0.3 is 10.2 Å². The lowest BCUT2D eigenvalue weighted by Gasteiger charge is -2.19. The van der Waals surface area contributed by atoms with Gasteiger partial charge in [0, 0.05) is 47.2 Å². The summed E-state index contributed by atoms with van der Waals surface area (Å²) in [5, 5.41) is 2.98. The molecule has 0 aliphatic carbocycles. The summed E-state index contributed by atoms with van der Waals surface area (Å²) in [6.07, 6.45) is 7.80. The molecule has 1 aliphatic heterocycles. The Kier molecular flexibility index (Phi) is 5.58. The highest BCUT2D eigenvalue weighted by Crippen LogP contribution is 2.29. The van der Waals surface area contributed by atoms with Crippen molar-refractivity contribution < 1.29 is 4.79 Å². The lowest BCUT2D eigenvalue weighted by molar-refractivity contribution is 0.102. The molecule has 5 nitrogen and oxygen atoms in total. The third-order valence-electron chi connectivity index (χ3n) is 4.81. The summed E-state index contributed by atoms with van der Waals surface area (Å²) in [5.41, 5.74) is 3.12. The van der Waals surface area contributed by atoms with Gasteiger partial charge in [-0.25, -0.2) is 4.98 Å². The Bertz CT molecular complexity index is 986. The average Bonchev–Trinajstić information content (AvgIpc) is 3.29. The van der Waals surface area contributed by atoms with Crippen molar-refractivity contribution in [1.82, 2.24) is 9.97 Å². The van der Waals surface area contributed by atoms with E-state index in [1.165, 1.54) is 12.8 Å². The minimum Gasteiger partial charge on any atom is -0.355 e. The lowest BCUT2D eigenvalue weighted by Crippen LogP contribution is -2.20. The molecule has 2 aromatic carbocycles. The molecule has 1 fully saturated rings. The molecule has 1 N–H and O–H groups in total. The van der Waals surface area contributed by atoms with Gasteiger partial charge in [-0.15, -0.1) is 11.8 Å². The summed E-state index contributed by atoms with van der Waals surface area (Å²) in [6, 6.07) is 15.4. The van der Waals surface area contributed by atoms with Gasteiger partial charge in [0.1, 0.15) is 5.69 Å². The summed E-state index contributed by atoms with van der Waals surface area (Å²) in [4.78, 5) is 25.3. The zero-order valence-corrected chi connectivity index (χ0v) is 16.6. The number of anilines is 2. The molecule has 1 amide bonds. The van der Waals surface area contributed by atoms with Crippen LogP contribution in [-0.4, -0.2) is 35.2 Å². The van der Waals surface area contributed by atoms with Gasteiger partial charge in [-0.3, -0.25) is 9.78 Å². The molecule has 1 aliphatic rings. The molecule has 142 valence electrons. The van der Waals surface area contributed by atoms with Gasteiger partial charge >= 0.3 is 0 Å². The molecule has 2 heterocycles. The standard InChI is InChI=1S/C22H22N4OS/c1-28-19-9-5-8-18(15-19)25-22(27)17-7-4-6-16(14-17)20-21(24-11-10-23-20)26-12-2-3-13-26/h4-11,14-15H,2-3,12-13H2,1H3,(H,25,27). The molecule has 0 spiro atoms. The van der Waals surface area contributed by atoms with Crippen LogP contribution < -0.4 is 10.2 Å². The molecule has 6 heteroatoms. The van der Waals surface area contributed by atoms with E-state index < -0.39 is 0 Å². The van der Waals surface area contributed by atoms with Crippen molar-refractivity contribution in [2.75, 3.05) is 29.6 Å². The third kappa shape index (κ3) is 4.02.